The SMILES string of the molecule is C#Cc1cccc(NC(=O)c2cc(C)ccc2O)c1.COC(=O)c1ccc(N=Cc2cc(C)ccc2O)cc1.COc1ccc(N=Cc2cc(C)ccc2O)cc1.COc1ccccc1NCc1cc(C)ccc1O.Cc1ccc(O)c(C=Nc2ccc(C(C)(C)C)cc2)c1.Cc1ccc(O)c(CNc2ccccc2C(C)(C)C)c1. The molecule has 0 radical (unpaired) electrons. The maximum absolute atomic E-state index is 12.1. The number of rotatable bonds is 17. The number of esters is 1. The minimum absolute atomic E-state index is 0.0452. The molecular formula is C98H104N6O11. The maximum atomic E-state index is 12.1. The number of aliphatic imine (C=N–C) groups is 3. The molecule has 12 rings (SSSR count). The van der Waals surface area contributed by atoms with Crippen LogP contribution in [0.1, 0.15) is 140 Å². The number of methoxy groups -OCH3 is 3. The normalized spacial score (nSPS) is 10.8. The maximum Gasteiger partial charge on any atom is 0.337 e. The van der Waals surface area contributed by atoms with Crippen molar-refractivity contribution in [2.75, 3.05) is 37.3 Å². The summed E-state index contributed by atoms with van der Waals surface area (Å²) in [6, 6.07) is 77.8. The molecule has 0 spiro atoms. The lowest BCUT2D eigenvalue weighted by molar-refractivity contribution is 0.0600. The van der Waals surface area contributed by atoms with Gasteiger partial charge in [-0.05, 0) is 221 Å². The van der Waals surface area contributed by atoms with E-state index in [9.17, 15) is 40.2 Å². The second kappa shape index (κ2) is 43.1. The Bertz CT molecular complexity index is 5340. The van der Waals surface area contributed by atoms with Gasteiger partial charge in [0.05, 0.1) is 55.2 Å². The molecule has 0 unspecified atom stereocenters. The number of anilines is 3. The monoisotopic (exact) mass is 1540 g/mol. The van der Waals surface area contributed by atoms with Crippen LogP contribution >= 0.6 is 0 Å². The molecule has 12 aromatic rings. The van der Waals surface area contributed by atoms with Gasteiger partial charge in [0.25, 0.3) is 5.91 Å². The van der Waals surface area contributed by atoms with Crippen molar-refractivity contribution in [3.8, 4) is 58.3 Å². The van der Waals surface area contributed by atoms with E-state index in [1.807, 2.05) is 169 Å². The summed E-state index contributed by atoms with van der Waals surface area (Å²) in [7, 11) is 4.61. The first-order valence-electron chi connectivity index (χ1n) is 37.2. The highest BCUT2D eigenvalue weighted by Gasteiger charge is 2.19. The summed E-state index contributed by atoms with van der Waals surface area (Å²) < 4.78 is 15.0. The van der Waals surface area contributed by atoms with Crippen LogP contribution in [-0.2, 0) is 28.7 Å². The third kappa shape index (κ3) is 28.8. The van der Waals surface area contributed by atoms with Crippen molar-refractivity contribution < 1.29 is 54.4 Å². The van der Waals surface area contributed by atoms with Crippen LogP contribution in [0, 0.1) is 53.9 Å². The molecule has 0 atom stereocenters. The van der Waals surface area contributed by atoms with E-state index >= 15 is 0 Å². The molecule has 0 heterocycles. The number of phenolic OH excluding ortho intramolecular Hbond substituents is 6. The van der Waals surface area contributed by atoms with Gasteiger partial charge in [0.2, 0.25) is 0 Å². The molecule has 0 aliphatic carbocycles. The zero-order chi connectivity index (χ0) is 83.8. The molecule has 0 aromatic heterocycles. The van der Waals surface area contributed by atoms with Gasteiger partial charge in [-0.2, -0.15) is 0 Å². The molecular weight excluding hydrogens is 1440 g/mol. The van der Waals surface area contributed by atoms with Crippen molar-refractivity contribution >= 4 is 64.6 Å². The van der Waals surface area contributed by atoms with Crippen molar-refractivity contribution in [1.82, 2.24) is 0 Å². The Morgan fingerprint density at radius 1 is 0.417 bits per heavy atom. The molecule has 17 heteroatoms. The van der Waals surface area contributed by atoms with Crippen LogP contribution in [0.4, 0.5) is 34.1 Å². The Balaban J connectivity index is 0.000000191. The first kappa shape index (κ1) is 88.4. The molecule has 0 aliphatic heterocycles. The number of amides is 1. The fourth-order valence-electron chi connectivity index (χ4n) is 11.2. The molecule has 0 saturated heterocycles. The molecule has 9 N–H and O–H groups in total. The Hall–Kier alpha value is -13.9. The topological polar surface area (TPSA) is 256 Å². The molecule has 1 amide bonds. The van der Waals surface area contributed by atoms with Gasteiger partial charge in [-0.15, -0.1) is 6.42 Å². The lowest BCUT2D eigenvalue weighted by Crippen LogP contribution is -2.14. The summed E-state index contributed by atoms with van der Waals surface area (Å²) in [6.07, 6.45) is 10.3. The Morgan fingerprint density at radius 2 is 0.826 bits per heavy atom. The number of aromatic hydroxyl groups is 6. The lowest BCUT2D eigenvalue weighted by atomic mass is 9.86. The van der Waals surface area contributed by atoms with Crippen molar-refractivity contribution in [2.45, 2.75) is 107 Å². The van der Waals surface area contributed by atoms with E-state index in [1.165, 1.54) is 24.3 Å². The van der Waals surface area contributed by atoms with Crippen LogP contribution in [0.15, 0.2) is 270 Å². The Morgan fingerprint density at radius 3 is 1.27 bits per heavy atom. The highest BCUT2D eigenvalue weighted by atomic mass is 16.5. The highest BCUT2D eigenvalue weighted by molar-refractivity contribution is 6.06. The number of nitrogens with zero attached hydrogens (tertiary/aromatic N) is 3. The van der Waals surface area contributed by atoms with Gasteiger partial charge < -0.3 is 60.8 Å². The minimum atomic E-state index is -0.378. The van der Waals surface area contributed by atoms with E-state index in [2.05, 4.69) is 113 Å². The number of hydrogen-bond donors (Lipinski definition) is 9. The molecule has 0 saturated carbocycles. The first-order chi connectivity index (χ1) is 54.8. The smallest absolute Gasteiger partial charge is 0.337 e. The number of ether oxygens (including phenoxy) is 3. The Kier molecular flexibility index (Phi) is 33.1. The number of nitrogens with one attached hydrogen (secondary N) is 3. The van der Waals surface area contributed by atoms with Crippen LogP contribution in [0.5, 0.6) is 46.0 Å². The number of para-hydroxylation sites is 3. The number of phenols is 6. The molecule has 12 aromatic carbocycles. The fourth-order valence-corrected chi connectivity index (χ4v) is 11.2. The minimum Gasteiger partial charge on any atom is -0.508 e. The average molecular weight is 1540 g/mol. The van der Waals surface area contributed by atoms with E-state index in [0.29, 0.717) is 58.2 Å². The Labute approximate surface area is 676 Å². The quantitative estimate of drug-likeness (QED) is 0.0234. The van der Waals surface area contributed by atoms with Gasteiger partial charge in [0, 0.05) is 76.5 Å². The number of terminal acetylenes is 1. The van der Waals surface area contributed by atoms with Gasteiger partial charge in [0.15, 0.2) is 0 Å². The van der Waals surface area contributed by atoms with Gasteiger partial charge in [0.1, 0.15) is 46.0 Å². The molecule has 0 fully saturated rings. The van der Waals surface area contributed by atoms with Gasteiger partial charge >= 0.3 is 5.97 Å². The van der Waals surface area contributed by atoms with Crippen LogP contribution in [0.3, 0.4) is 0 Å². The van der Waals surface area contributed by atoms with Crippen LogP contribution in [0.2, 0.25) is 0 Å². The van der Waals surface area contributed by atoms with Gasteiger partial charge in [-0.25, -0.2) is 4.79 Å². The fraction of sp³-hybridized carbons (Fsp3) is 0.194. The number of carbonyl (C=O) groups is 2. The summed E-state index contributed by atoms with van der Waals surface area (Å²) in [5.74, 6) is 4.63. The third-order valence-corrected chi connectivity index (χ3v) is 17.6. The second-order valence-corrected chi connectivity index (χ2v) is 29.2. The molecule has 592 valence electrons. The van der Waals surface area contributed by atoms with Gasteiger partial charge in [-0.1, -0.05) is 178 Å². The molecule has 0 bridgehead atoms. The zero-order valence-electron chi connectivity index (χ0n) is 68.0. The zero-order valence-corrected chi connectivity index (χ0v) is 68.0. The van der Waals surface area contributed by atoms with Crippen molar-refractivity contribution in [1.29, 1.82) is 0 Å². The van der Waals surface area contributed by atoms with E-state index < -0.39 is 0 Å². The summed E-state index contributed by atoms with van der Waals surface area (Å²) in [5.41, 5.74) is 19.6. The van der Waals surface area contributed by atoms with Crippen LogP contribution in [0.25, 0.3) is 0 Å². The molecule has 17 nitrogen and oxygen atoms in total. The molecule has 0 aliphatic rings. The highest BCUT2D eigenvalue weighted by Crippen LogP contribution is 2.33. The number of hydrogen-bond acceptors (Lipinski definition) is 16. The standard InChI is InChI=1S/C18H21NO.C18H23NO.C16H15NO3.C16H13NO2.C15H15NO2.C15H17NO2/c1-13-5-10-17(20)14(11-13)12-19-16-8-6-15(7-9-16)18(2,3)4;1-13-9-10-17(20)14(11-13)12-19-16-8-6-5-7-15(16)18(2,3)4;1-11-3-8-15(18)13(9-11)10-17-14-6-4-12(5-7-14)16(19)20-2;1-3-12-5-4-6-13(10-12)17-16(19)14-9-11(2)7-8-15(14)18;1-11-3-8-15(17)12(9-11)10-16-13-4-6-14(18-2)7-5-13;1-11-7-8-14(17)12(9-11)10-16-13-5-3-4-6-15(13)18-2/h5-12,20H,1-4H3;5-11,19-20H,12H2,1-4H3;3-10,18H,1-2H3;1,4-10,18H,2H3,(H,17,19);3-10,17H,1-2H3;3-9,16-17H,10H2,1-2H3. The average Bonchev–Trinajstić information content (AvgIpc) is 0.835. The number of aryl methyl sites for hydroxylation is 6. The first-order valence-corrected chi connectivity index (χ1v) is 37.2. The number of carbonyl (C=O) groups excluding carboxylic acids is 2. The summed E-state index contributed by atoms with van der Waals surface area (Å²) >= 11 is 0. The lowest BCUT2D eigenvalue weighted by Gasteiger charge is -2.23. The predicted octanol–water partition coefficient (Wildman–Crippen LogP) is 22.3. The van der Waals surface area contributed by atoms with E-state index in [0.717, 1.165) is 84.3 Å². The summed E-state index contributed by atoms with van der Waals surface area (Å²) in [6.45, 7) is 26.2. The van der Waals surface area contributed by atoms with E-state index in [4.69, 9.17) is 15.9 Å². The third-order valence-electron chi connectivity index (χ3n) is 17.6. The van der Waals surface area contributed by atoms with Crippen molar-refractivity contribution in [2.24, 2.45) is 15.0 Å². The molecule has 115 heavy (non-hydrogen) atoms. The van der Waals surface area contributed by atoms with Gasteiger partial charge in [-0.3, -0.25) is 19.8 Å². The largest absolute Gasteiger partial charge is 0.508 e. The van der Waals surface area contributed by atoms with Crippen LogP contribution < -0.4 is 25.4 Å². The van der Waals surface area contributed by atoms with Crippen LogP contribution in [-0.4, -0.2) is 82.5 Å². The predicted molar refractivity (Wildman–Crippen MR) is 470 cm³/mol. The summed E-state index contributed by atoms with van der Waals surface area (Å²) in [4.78, 5) is 36.4. The van der Waals surface area contributed by atoms with Crippen molar-refractivity contribution in [3.05, 3.63) is 344 Å². The van der Waals surface area contributed by atoms with E-state index in [-0.39, 0.29) is 51.3 Å². The number of benzene rings is 12. The second-order valence-electron chi connectivity index (χ2n) is 29.2. The summed E-state index contributed by atoms with van der Waals surface area (Å²) in [5, 5.41) is 67.9. The van der Waals surface area contributed by atoms with Crippen molar-refractivity contribution in [3.63, 3.8) is 0 Å². The van der Waals surface area contributed by atoms with E-state index in [1.54, 1.807) is 124 Å².